The average Bonchev–Trinajstić information content (AvgIpc) is 2.22. The lowest BCUT2D eigenvalue weighted by molar-refractivity contribution is -0.142. The molecule has 0 aromatic heterocycles. The SMILES string of the molecule is NC(COCC(=O)O)c1cc(F)c(F)cc1F. The molecule has 0 amide bonds. The zero-order valence-electron chi connectivity index (χ0n) is 8.62. The zero-order chi connectivity index (χ0) is 13.0. The molecule has 94 valence electrons. The van der Waals surface area contributed by atoms with Crippen molar-refractivity contribution in [1.82, 2.24) is 0 Å². The molecule has 0 radical (unpaired) electrons. The van der Waals surface area contributed by atoms with E-state index in [-0.39, 0.29) is 12.2 Å². The largest absolute Gasteiger partial charge is 0.480 e. The summed E-state index contributed by atoms with van der Waals surface area (Å²) in [7, 11) is 0. The van der Waals surface area contributed by atoms with Gasteiger partial charge in [0.15, 0.2) is 11.6 Å². The molecule has 1 atom stereocenters. The minimum atomic E-state index is -1.31. The van der Waals surface area contributed by atoms with Gasteiger partial charge in [-0.25, -0.2) is 18.0 Å². The molecule has 0 saturated heterocycles. The Morgan fingerprint density at radius 2 is 1.88 bits per heavy atom. The van der Waals surface area contributed by atoms with Gasteiger partial charge in [-0.15, -0.1) is 0 Å². The number of carboxylic acid groups (broad SMARTS) is 1. The average molecular weight is 249 g/mol. The maximum Gasteiger partial charge on any atom is 0.329 e. The number of carboxylic acids is 1. The van der Waals surface area contributed by atoms with Gasteiger partial charge in [-0.1, -0.05) is 0 Å². The van der Waals surface area contributed by atoms with E-state index in [0.29, 0.717) is 12.1 Å². The van der Waals surface area contributed by atoms with Gasteiger partial charge in [-0.2, -0.15) is 0 Å². The van der Waals surface area contributed by atoms with E-state index in [9.17, 15) is 18.0 Å². The smallest absolute Gasteiger partial charge is 0.329 e. The first-order valence-electron chi connectivity index (χ1n) is 4.61. The van der Waals surface area contributed by atoms with Crippen molar-refractivity contribution in [1.29, 1.82) is 0 Å². The van der Waals surface area contributed by atoms with Gasteiger partial charge in [0.05, 0.1) is 12.6 Å². The van der Waals surface area contributed by atoms with E-state index >= 15 is 0 Å². The van der Waals surface area contributed by atoms with Crippen molar-refractivity contribution >= 4 is 5.97 Å². The molecule has 0 aliphatic heterocycles. The van der Waals surface area contributed by atoms with Crippen LogP contribution < -0.4 is 5.73 Å². The van der Waals surface area contributed by atoms with Gasteiger partial charge < -0.3 is 15.6 Å². The molecular weight excluding hydrogens is 239 g/mol. The van der Waals surface area contributed by atoms with E-state index in [0.717, 1.165) is 0 Å². The molecule has 0 aliphatic rings. The number of carbonyl (C=O) groups is 1. The van der Waals surface area contributed by atoms with Crippen molar-refractivity contribution in [3.8, 4) is 0 Å². The molecule has 1 aromatic carbocycles. The first-order valence-corrected chi connectivity index (χ1v) is 4.61. The zero-order valence-corrected chi connectivity index (χ0v) is 8.62. The standard InChI is InChI=1S/C10H10F3NO3/c11-6-2-8(13)7(12)1-5(6)9(14)3-17-4-10(15)16/h1-2,9H,3-4,14H2,(H,15,16). The van der Waals surface area contributed by atoms with Crippen LogP contribution in [0, 0.1) is 17.5 Å². The topological polar surface area (TPSA) is 72.5 Å². The van der Waals surface area contributed by atoms with Gasteiger partial charge in [0.25, 0.3) is 0 Å². The molecule has 0 aliphatic carbocycles. The monoisotopic (exact) mass is 249 g/mol. The predicted octanol–water partition coefficient (Wildman–Crippen LogP) is 1.20. The van der Waals surface area contributed by atoms with E-state index in [1.54, 1.807) is 0 Å². The number of benzene rings is 1. The normalized spacial score (nSPS) is 12.5. The second-order valence-electron chi connectivity index (χ2n) is 3.30. The molecule has 4 nitrogen and oxygen atoms in total. The van der Waals surface area contributed by atoms with Gasteiger partial charge in [0.2, 0.25) is 0 Å². The minimum absolute atomic E-state index is 0.269. The molecule has 0 spiro atoms. The van der Waals surface area contributed by atoms with Crippen molar-refractivity contribution in [3.05, 3.63) is 35.1 Å². The highest BCUT2D eigenvalue weighted by molar-refractivity contribution is 5.67. The Morgan fingerprint density at radius 1 is 1.29 bits per heavy atom. The fraction of sp³-hybridized carbons (Fsp3) is 0.300. The Bertz CT molecular complexity index is 426. The summed E-state index contributed by atoms with van der Waals surface area (Å²) < 4.78 is 43.3. The van der Waals surface area contributed by atoms with Gasteiger partial charge in [-0.05, 0) is 6.07 Å². The summed E-state index contributed by atoms with van der Waals surface area (Å²) in [5.74, 6) is -4.75. The first kappa shape index (κ1) is 13.5. The van der Waals surface area contributed by atoms with Crippen LogP contribution in [0.2, 0.25) is 0 Å². The van der Waals surface area contributed by atoms with Crippen LogP contribution in [0.5, 0.6) is 0 Å². The van der Waals surface area contributed by atoms with Crippen LogP contribution in [0.1, 0.15) is 11.6 Å². The second kappa shape index (κ2) is 5.65. The van der Waals surface area contributed by atoms with Crippen molar-refractivity contribution in [2.24, 2.45) is 5.73 Å². The van der Waals surface area contributed by atoms with Crippen molar-refractivity contribution in [2.45, 2.75) is 6.04 Å². The van der Waals surface area contributed by atoms with Crippen molar-refractivity contribution < 1.29 is 27.8 Å². The quantitative estimate of drug-likeness (QED) is 0.769. The molecule has 7 heteroatoms. The number of ether oxygens (including phenoxy) is 1. The third-order valence-electron chi connectivity index (χ3n) is 1.96. The summed E-state index contributed by atoms with van der Waals surface area (Å²) in [6.07, 6.45) is 0. The third kappa shape index (κ3) is 3.72. The molecular formula is C10H10F3NO3. The highest BCUT2D eigenvalue weighted by Gasteiger charge is 2.16. The number of hydrogen-bond donors (Lipinski definition) is 2. The van der Waals surface area contributed by atoms with E-state index in [1.165, 1.54) is 0 Å². The van der Waals surface area contributed by atoms with E-state index in [1.807, 2.05) is 0 Å². The number of hydrogen-bond acceptors (Lipinski definition) is 3. The summed E-state index contributed by atoms with van der Waals surface area (Å²) in [5.41, 5.74) is 5.18. The molecule has 0 fully saturated rings. The summed E-state index contributed by atoms with van der Waals surface area (Å²) in [5, 5.41) is 8.28. The van der Waals surface area contributed by atoms with Crippen molar-refractivity contribution in [2.75, 3.05) is 13.2 Å². The van der Waals surface area contributed by atoms with Gasteiger partial charge in [-0.3, -0.25) is 0 Å². The lowest BCUT2D eigenvalue weighted by Gasteiger charge is -2.13. The van der Waals surface area contributed by atoms with Crippen LogP contribution in [-0.4, -0.2) is 24.3 Å². The first-order chi connectivity index (χ1) is 7.91. The summed E-state index contributed by atoms with van der Waals surface area (Å²) in [6, 6.07) is -0.0642. The van der Waals surface area contributed by atoms with Crippen molar-refractivity contribution in [3.63, 3.8) is 0 Å². The summed E-state index contributed by atoms with van der Waals surface area (Å²) >= 11 is 0. The Hall–Kier alpha value is -1.60. The highest BCUT2D eigenvalue weighted by atomic mass is 19.2. The molecule has 1 unspecified atom stereocenters. The maximum absolute atomic E-state index is 13.2. The maximum atomic E-state index is 13.2. The van der Waals surface area contributed by atoms with Crippen LogP contribution in [0.15, 0.2) is 12.1 Å². The van der Waals surface area contributed by atoms with Crippen LogP contribution in [0.4, 0.5) is 13.2 Å². The number of nitrogens with two attached hydrogens (primary N) is 1. The van der Waals surface area contributed by atoms with E-state index in [4.69, 9.17) is 10.8 Å². The fourth-order valence-corrected chi connectivity index (χ4v) is 1.19. The Morgan fingerprint density at radius 3 is 2.47 bits per heavy atom. The van der Waals surface area contributed by atoms with Gasteiger partial charge in [0, 0.05) is 11.6 Å². The lowest BCUT2D eigenvalue weighted by Crippen LogP contribution is -2.21. The lowest BCUT2D eigenvalue weighted by atomic mass is 10.1. The number of rotatable bonds is 5. The highest BCUT2D eigenvalue weighted by Crippen LogP contribution is 2.19. The van der Waals surface area contributed by atoms with Gasteiger partial charge in [0.1, 0.15) is 12.4 Å². The van der Waals surface area contributed by atoms with Crippen LogP contribution in [0.3, 0.4) is 0 Å². The number of halogens is 3. The Kier molecular flexibility index (Phi) is 4.47. The minimum Gasteiger partial charge on any atom is -0.480 e. The molecule has 1 rings (SSSR count). The van der Waals surface area contributed by atoms with E-state index in [2.05, 4.69) is 4.74 Å². The number of aliphatic carboxylic acids is 1. The second-order valence-corrected chi connectivity index (χ2v) is 3.30. The van der Waals surface area contributed by atoms with Crippen LogP contribution in [0.25, 0.3) is 0 Å². The molecule has 1 aromatic rings. The fourth-order valence-electron chi connectivity index (χ4n) is 1.19. The summed E-state index contributed by atoms with van der Waals surface area (Å²) in [6.45, 7) is -0.909. The molecule has 0 heterocycles. The Labute approximate surface area is 94.8 Å². The van der Waals surface area contributed by atoms with Crippen LogP contribution >= 0.6 is 0 Å². The third-order valence-corrected chi connectivity index (χ3v) is 1.96. The molecule has 0 bridgehead atoms. The van der Waals surface area contributed by atoms with Gasteiger partial charge >= 0.3 is 5.97 Å². The predicted molar refractivity (Wildman–Crippen MR) is 51.7 cm³/mol. The molecule has 3 N–H and O–H groups in total. The summed E-state index contributed by atoms with van der Waals surface area (Å²) in [4.78, 5) is 10.1. The Balaban J connectivity index is 2.71. The van der Waals surface area contributed by atoms with Crippen LogP contribution in [-0.2, 0) is 9.53 Å². The molecule has 17 heavy (non-hydrogen) atoms. The van der Waals surface area contributed by atoms with E-state index < -0.39 is 36.1 Å². The molecule has 0 saturated carbocycles.